The van der Waals surface area contributed by atoms with Crippen LogP contribution in [0.5, 0.6) is 17.2 Å². The number of fused-ring (bicyclic) bond motifs is 1. The van der Waals surface area contributed by atoms with E-state index in [9.17, 15) is 20.3 Å². The Hall–Kier alpha value is -2.99. The number of hydrogen-bond donors (Lipinski definition) is 3. The number of aromatic hydroxyl groups is 3. The van der Waals surface area contributed by atoms with E-state index in [1.165, 1.54) is 12.1 Å². The molecule has 0 unspecified atom stereocenters. The van der Waals surface area contributed by atoms with Crippen LogP contribution in [0.15, 0.2) is 54.6 Å². The van der Waals surface area contributed by atoms with Gasteiger partial charge < -0.3 is 15.3 Å². The van der Waals surface area contributed by atoms with Gasteiger partial charge in [0.2, 0.25) is 0 Å². The average molecular weight is 334 g/mol. The van der Waals surface area contributed by atoms with Crippen LogP contribution in [0.1, 0.15) is 0 Å². The van der Waals surface area contributed by atoms with Crippen molar-refractivity contribution in [3.8, 4) is 17.2 Å². The van der Waals surface area contributed by atoms with Gasteiger partial charge >= 0.3 is 0 Å². The van der Waals surface area contributed by atoms with Gasteiger partial charge in [0.15, 0.2) is 0 Å². The van der Waals surface area contributed by atoms with Gasteiger partial charge in [-0.1, -0.05) is 35.9 Å². The van der Waals surface area contributed by atoms with Crippen molar-refractivity contribution in [3.05, 3.63) is 69.7 Å². The van der Waals surface area contributed by atoms with Gasteiger partial charge in [-0.3, -0.25) is 10.1 Å². The average Bonchev–Trinajstić information content (AvgIpc) is 2.52. The fourth-order valence-electron chi connectivity index (χ4n) is 1.89. The molecule has 0 aliphatic rings. The highest BCUT2D eigenvalue weighted by atomic mass is 35.5. The van der Waals surface area contributed by atoms with E-state index in [0.29, 0.717) is 10.8 Å². The number of phenolic OH excluding ortho intramolecular Hbond substituents is 3. The van der Waals surface area contributed by atoms with Crippen LogP contribution >= 0.6 is 11.6 Å². The van der Waals surface area contributed by atoms with E-state index in [-0.39, 0.29) is 28.0 Å². The molecule has 0 spiro atoms. The van der Waals surface area contributed by atoms with Gasteiger partial charge in [0.05, 0.1) is 9.95 Å². The molecule has 7 heteroatoms. The first-order valence-electron chi connectivity index (χ1n) is 6.42. The molecule has 3 rings (SSSR count). The Morgan fingerprint density at radius 3 is 1.78 bits per heavy atom. The van der Waals surface area contributed by atoms with Crippen LogP contribution in [-0.2, 0) is 0 Å². The van der Waals surface area contributed by atoms with Crippen LogP contribution in [0.2, 0.25) is 5.02 Å². The predicted octanol–water partition coefficient (Wildman–Crippen LogP) is 4.20. The van der Waals surface area contributed by atoms with Crippen molar-refractivity contribution in [2.24, 2.45) is 0 Å². The molecule has 0 atom stereocenters. The summed E-state index contributed by atoms with van der Waals surface area (Å²) < 4.78 is 0. The highest BCUT2D eigenvalue weighted by Crippen LogP contribution is 2.30. The lowest BCUT2D eigenvalue weighted by molar-refractivity contribution is -0.384. The first-order valence-corrected chi connectivity index (χ1v) is 6.80. The number of non-ortho nitro benzene ring substituents is 1. The van der Waals surface area contributed by atoms with E-state index < -0.39 is 4.92 Å². The Bertz CT molecular complexity index is 825. The second-order valence-electron chi connectivity index (χ2n) is 4.54. The zero-order valence-corrected chi connectivity index (χ0v) is 12.4. The number of benzene rings is 3. The maximum atomic E-state index is 10.1. The van der Waals surface area contributed by atoms with Crippen molar-refractivity contribution in [3.63, 3.8) is 0 Å². The van der Waals surface area contributed by atoms with Crippen LogP contribution in [-0.4, -0.2) is 20.2 Å². The molecule has 0 saturated carbocycles. The van der Waals surface area contributed by atoms with Crippen molar-refractivity contribution in [2.45, 2.75) is 0 Å². The molecule has 3 N–H and O–H groups in total. The molecule has 0 aliphatic carbocycles. The van der Waals surface area contributed by atoms with Gasteiger partial charge in [0.1, 0.15) is 17.2 Å². The van der Waals surface area contributed by atoms with E-state index in [4.69, 9.17) is 16.7 Å². The SMILES string of the molecule is O=[N+]([O-])c1ccc(O)c(Cl)c1.Oc1cccc2c(O)cccc12. The summed E-state index contributed by atoms with van der Waals surface area (Å²) in [4.78, 5) is 9.55. The second kappa shape index (κ2) is 6.85. The fourth-order valence-corrected chi connectivity index (χ4v) is 2.06. The first kappa shape index (κ1) is 16.4. The summed E-state index contributed by atoms with van der Waals surface area (Å²) in [5.74, 6) is 0.240. The van der Waals surface area contributed by atoms with Gasteiger partial charge in [-0.2, -0.15) is 0 Å². The normalized spacial score (nSPS) is 9.96. The lowest BCUT2D eigenvalue weighted by Gasteiger charge is -2.01. The monoisotopic (exact) mass is 333 g/mol. The molecule has 0 bridgehead atoms. The smallest absolute Gasteiger partial charge is 0.271 e. The summed E-state index contributed by atoms with van der Waals surface area (Å²) >= 11 is 5.40. The molecule has 0 radical (unpaired) electrons. The summed E-state index contributed by atoms with van der Waals surface area (Å²) in [6.07, 6.45) is 0. The predicted molar refractivity (Wildman–Crippen MR) is 87.0 cm³/mol. The molecule has 0 saturated heterocycles. The number of nitro benzene ring substituents is 1. The Balaban J connectivity index is 0.000000168. The molecule has 6 nitrogen and oxygen atoms in total. The van der Waals surface area contributed by atoms with Crippen molar-refractivity contribution >= 4 is 28.1 Å². The standard InChI is InChI=1S/C10H8O2.C6H4ClNO3/c11-9-5-1-3-7-8(9)4-2-6-10(7)12;7-5-3-4(8(10)11)1-2-6(5)9/h1-6,11-12H;1-3,9H. The minimum absolute atomic E-state index is 0.0146. The first-order chi connectivity index (χ1) is 10.9. The summed E-state index contributed by atoms with van der Waals surface area (Å²) in [7, 11) is 0. The molecule has 0 aliphatic heterocycles. The van der Waals surface area contributed by atoms with E-state index in [0.717, 1.165) is 6.07 Å². The van der Waals surface area contributed by atoms with Gasteiger partial charge in [-0.15, -0.1) is 0 Å². The number of rotatable bonds is 1. The van der Waals surface area contributed by atoms with Gasteiger partial charge in [0, 0.05) is 22.9 Å². The van der Waals surface area contributed by atoms with Crippen LogP contribution in [0.4, 0.5) is 5.69 Å². The van der Waals surface area contributed by atoms with Crippen molar-refractivity contribution in [1.82, 2.24) is 0 Å². The molecule has 0 fully saturated rings. The van der Waals surface area contributed by atoms with Crippen molar-refractivity contribution < 1.29 is 20.2 Å². The van der Waals surface area contributed by atoms with Crippen LogP contribution in [0.25, 0.3) is 10.8 Å². The van der Waals surface area contributed by atoms with Gasteiger partial charge in [-0.05, 0) is 18.2 Å². The minimum Gasteiger partial charge on any atom is -0.507 e. The van der Waals surface area contributed by atoms with E-state index >= 15 is 0 Å². The molecule has 0 aromatic heterocycles. The van der Waals surface area contributed by atoms with Crippen LogP contribution in [0, 0.1) is 10.1 Å². The highest BCUT2D eigenvalue weighted by molar-refractivity contribution is 6.32. The molecule has 0 heterocycles. The Kier molecular flexibility index (Phi) is 4.88. The maximum absolute atomic E-state index is 10.1. The number of halogens is 1. The van der Waals surface area contributed by atoms with Crippen molar-refractivity contribution in [2.75, 3.05) is 0 Å². The number of hydrogen-bond acceptors (Lipinski definition) is 5. The second-order valence-corrected chi connectivity index (χ2v) is 4.95. The molecular weight excluding hydrogens is 322 g/mol. The summed E-state index contributed by atoms with van der Waals surface area (Å²) in [5, 5.41) is 39.1. The molecule has 23 heavy (non-hydrogen) atoms. The Labute approximate surface area is 136 Å². The minimum atomic E-state index is -0.578. The summed E-state index contributed by atoms with van der Waals surface area (Å²) in [6.45, 7) is 0. The van der Waals surface area contributed by atoms with Gasteiger partial charge in [0.25, 0.3) is 5.69 Å². The number of nitro groups is 1. The maximum Gasteiger partial charge on any atom is 0.271 e. The topological polar surface area (TPSA) is 104 Å². The highest BCUT2D eigenvalue weighted by Gasteiger charge is 2.07. The third-order valence-electron chi connectivity index (χ3n) is 3.02. The molecule has 3 aromatic rings. The Morgan fingerprint density at radius 2 is 1.35 bits per heavy atom. The molecule has 3 aromatic carbocycles. The lowest BCUT2D eigenvalue weighted by Crippen LogP contribution is -1.86. The van der Waals surface area contributed by atoms with E-state index in [1.54, 1.807) is 36.4 Å². The summed E-state index contributed by atoms with van der Waals surface area (Å²) in [5.41, 5.74) is -0.132. The lowest BCUT2D eigenvalue weighted by atomic mass is 10.1. The number of phenols is 3. The molecular formula is C16H12ClNO5. The van der Waals surface area contributed by atoms with Gasteiger partial charge in [-0.25, -0.2) is 0 Å². The summed E-state index contributed by atoms with van der Waals surface area (Å²) in [6, 6.07) is 13.6. The van der Waals surface area contributed by atoms with Crippen molar-refractivity contribution in [1.29, 1.82) is 0 Å². The van der Waals surface area contributed by atoms with Crippen LogP contribution in [0.3, 0.4) is 0 Å². The van der Waals surface area contributed by atoms with E-state index in [2.05, 4.69) is 0 Å². The largest absolute Gasteiger partial charge is 0.507 e. The van der Waals surface area contributed by atoms with Crippen LogP contribution < -0.4 is 0 Å². The number of nitrogens with zero attached hydrogens (tertiary/aromatic N) is 1. The third-order valence-corrected chi connectivity index (χ3v) is 3.32. The Morgan fingerprint density at radius 1 is 0.826 bits per heavy atom. The third kappa shape index (κ3) is 3.81. The quantitative estimate of drug-likeness (QED) is 0.457. The zero-order valence-electron chi connectivity index (χ0n) is 11.7. The van der Waals surface area contributed by atoms with E-state index in [1.807, 2.05) is 0 Å². The molecule has 118 valence electrons. The molecule has 0 amide bonds. The fraction of sp³-hybridized carbons (Fsp3) is 0. The zero-order chi connectivity index (χ0) is 17.0.